The number of hydrogen-bond donors (Lipinski definition) is 1. The summed E-state index contributed by atoms with van der Waals surface area (Å²) in [6, 6.07) is -0.234. The zero-order chi connectivity index (χ0) is 15.8. The van der Waals surface area contributed by atoms with E-state index in [9.17, 15) is 9.59 Å². The molecule has 1 heterocycles. The number of nitrogens with one attached hydrogen (secondary N) is 1. The molecule has 0 aromatic carbocycles. The summed E-state index contributed by atoms with van der Waals surface area (Å²) in [4.78, 5) is 30.2. The molecule has 2 amide bonds. The second-order valence-electron chi connectivity index (χ2n) is 5.80. The highest BCUT2D eigenvalue weighted by atomic mass is 16.2. The smallest absolute Gasteiger partial charge is 0.240 e. The number of likely N-dealkylation sites (N-methyl/N-ethyl adjacent to an activating group) is 1. The Labute approximate surface area is 128 Å². The van der Waals surface area contributed by atoms with Gasteiger partial charge in [-0.25, -0.2) is 0 Å². The minimum Gasteiger partial charge on any atom is -0.347 e. The van der Waals surface area contributed by atoms with Gasteiger partial charge in [0.15, 0.2) is 0 Å². The van der Waals surface area contributed by atoms with Gasteiger partial charge in [0.2, 0.25) is 11.8 Å². The Hall–Kier alpha value is -1.14. The van der Waals surface area contributed by atoms with Crippen LogP contribution in [0.4, 0.5) is 0 Å². The van der Waals surface area contributed by atoms with Crippen molar-refractivity contribution in [1.82, 2.24) is 20.0 Å². The molecule has 0 spiro atoms. The molecule has 1 atom stereocenters. The predicted octanol–water partition coefficient (Wildman–Crippen LogP) is -0.00300. The number of piperazine rings is 1. The lowest BCUT2D eigenvalue weighted by molar-refractivity contribution is -0.139. The van der Waals surface area contributed by atoms with E-state index < -0.39 is 0 Å². The van der Waals surface area contributed by atoms with Gasteiger partial charge in [-0.3, -0.25) is 14.5 Å². The number of amides is 2. The third-order valence-corrected chi connectivity index (χ3v) is 3.76. The maximum absolute atomic E-state index is 12.5. The molecule has 21 heavy (non-hydrogen) atoms. The van der Waals surface area contributed by atoms with E-state index in [2.05, 4.69) is 19.2 Å². The van der Waals surface area contributed by atoms with Gasteiger partial charge in [0.05, 0.1) is 6.54 Å². The number of rotatable bonds is 7. The molecule has 6 heteroatoms. The Kier molecular flexibility index (Phi) is 7.67. The van der Waals surface area contributed by atoms with Crippen molar-refractivity contribution in [1.29, 1.82) is 0 Å². The molecule has 122 valence electrons. The van der Waals surface area contributed by atoms with Gasteiger partial charge in [-0.05, 0) is 12.8 Å². The van der Waals surface area contributed by atoms with E-state index in [0.29, 0.717) is 13.1 Å². The van der Waals surface area contributed by atoms with Crippen LogP contribution in [0.3, 0.4) is 0 Å². The fourth-order valence-corrected chi connectivity index (χ4v) is 2.65. The summed E-state index contributed by atoms with van der Waals surface area (Å²) >= 11 is 0. The van der Waals surface area contributed by atoms with Crippen LogP contribution in [0.25, 0.3) is 0 Å². The molecule has 6 nitrogen and oxygen atoms in total. The monoisotopic (exact) mass is 298 g/mol. The van der Waals surface area contributed by atoms with Gasteiger partial charge in [0.1, 0.15) is 6.04 Å². The molecular formula is C15H30N4O2. The lowest BCUT2D eigenvalue weighted by Gasteiger charge is -2.37. The number of carbonyl (C=O) groups excluding carboxylic acids is 2. The van der Waals surface area contributed by atoms with E-state index in [0.717, 1.165) is 39.0 Å². The standard InChI is InChI=1S/C15H30N4O2/c1-5-8-18(9-6-2)14(20)12-19-10-7-16-11-13(19)15(21)17(3)4/h13,16H,5-12H2,1-4H3. The van der Waals surface area contributed by atoms with Crippen LogP contribution >= 0.6 is 0 Å². The molecule has 0 radical (unpaired) electrons. The summed E-state index contributed by atoms with van der Waals surface area (Å²) in [5.41, 5.74) is 0. The summed E-state index contributed by atoms with van der Waals surface area (Å²) in [5.74, 6) is 0.199. The average molecular weight is 298 g/mol. The summed E-state index contributed by atoms with van der Waals surface area (Å²) in [7, 11) is 3.52. The van der Waals surface area contributed by atoms with Crippen LogP contribution in [0.2, 0.25) is 0 Å². The second kappa shape index (κ2) is 9.00. The molecule has 0 aromatic rings. The summed E-state index contributed by atoms with van der Waals surface area (Å²) < 4.78 is 0. The van der Waals surface area contributed by atoms with Crippen LogP contribution in [0, 0.1) is 0 Å². The second-order valence-corrected chi connectivity index (χ2v) is 5.80. The van der Waals surface area contributed by atoms with Crippen molar-refractivity contribution in [3.8, 4) is 0 Å². The quantitative estimate of drug-likeness (QED) is 0.719. The Morgan fingerprint density at radius 3 is 2.33 bits per heavy atom. The maximum Gasteiger partial charge on any atom is 0.240 e. The first-order valence-electron chi connectivity index (χ1n) is 7.94. The highest BCUT2D eigenvalue weighted by molar-refractivity contribution is 5.83. The van der Waals surface area contributed by atoms with Crippen LogP contribution < -0.4 is 5.32 Å². The zero-order valence-corrected chi connectivity index (χ0v) is 13.9. The van der Waals surface area contributed by atoms with Crippen LogP contribution in [-0.4, -0.2) is 85.9 Å². The van der Waals surface area contributed by atoms with E-state index >= 15 is 0 Å². The summed E-state index contributed by atoms with van der Waals surface area (Å²) in [5, 5.41) is 3.24. The van der Waals surface area contributed by atoms with Gasteiger partial charge in [-0.2, -0.15) is 0 Å². The highest BCUT2D eigenvalue weighted by Crippen LogP contribution is 2.07. The number of carbonyl (C=O) groups is 2. The minimum absolute atomic E-state index is 0.0625. The van der Waals surface area contributed by atoms with Gasteiger partial charge < -0.3 is 15.1 Å². The molecule has 1 saturated heterocycles. The average Bonchev–Trinajstić information content (AvgIpc) is 2.46. The molecule has 1 unspecified atom stereocenters. The third kappa shape index (κ3) is 5.28. The zero-order valence-electron chi connectivity index (χ0n) is 13.9. The molecule has 1 fully saturated rings. The van der Waals surface area contributed by atoms with E-state index in [-0.39, 0.29) is 17.9 Å². The first kappa shape index (κ1) is 17.9. The Balaban J connectivity index is 2.67. The Morgan fingerprint density at radius 1 is 1.19 bits per heavy atom. The van der Waals surface area contributed by atoms with Crippen molar-refractivity contribution in [2.24, 2.45) is 0 Å². The van der Waals surface area contributed by atoms with Crippen molar-refractivity contribution in [3.05, 3.63) is 0 Å². The molecule has 0 aliphatic carbocycles. The SMILES string of the molecule is CCCN(CCC)C(=O)CN1CCNCC1C(=O)N(C)C. The van der Waals surface area contributed by atoms with E-state index in [1.807, 2.05) is 9.80 Å². The Bertz CT molecular complexity index is 341. The van der Waals surface area contributed by atoms with Crippen molar-refractivity contribution in [2.75, 3.05) is 53.4 Å². The maximum atomic E-state index is 12.5. The molecule has 0 aromatic heterocycles. The van der Waals surface area contributed by atoms with Crippen LogP contribution in [0.5, 0.6) is 0 Å². The molecule has 1 rings (SSSR count). The van der Waals surface area contributed by atoms with Crippen LogP contribution in [0.15, 0.2) is 0 Å². The Morgan fingerprint density at radius 2 is 1.81 bits per heavy atom. The van der Waals surface area contributed by atoms with Crippen LogP contribution in [0.1, 0.15) is 26.7 Å². The van der Waals surface area contributed by atoms with Gasteiger partial charge in [0, 0.05) is 46.8 Å². The fraction of sp³-hybridized carbons (Fsp3) is 0.867. The normalized spacial score (nSPS) is 19.3. The van der Waals surface area contributed by atoms with Gasteiger partial charge in [-0.15, -0.1) is 0 Å². The van der Waals surface area contributed by atoms with Crippen molar-refractivity contribution >= 4 is 11.8 Å². The highest BCUT2D eigenvalue weighted by Gasteiger charge is 2.31. The van der Waals surface area contributed by atoms with Crippen molar-refractivity contribution in [3.63, 3.8) is 0 Å². The van der Waals surface area contributed by atoms with Gasteiger partial charge >= 0.3 is 0 Å². The van der Waals surface area contributed by atoms with Crippen molar-refractivity contribution < 1.29 is 9.59 Å². The third-order valence-electron chi connectivity index (χ3n) is 3.76. The summed E-state index contributed by atoms with van der Waals surface area (Å²) in [6.07, 6.45) is 1.93. The van der Waals surface area contributed by atoms with Gasteiger partial charge in [0.25, 0.3) is 0 Å². The van der Waals surface area contributed by atoms with Crippen LogP contribution in [-0.2, 0) is 9.59 Å². The first-order valence-corrected chi connectivity index (χ1v) is 7.94. The largest absolute Gasteiger partial charge is 0.347 e. The molecule has 0 saturated carbocycles. The molecule has 0 bridgehead atoms. The molecular weight excluding hydrogens is 268 g/mol. The fourth-order valence-electron chi connectivity index (χ4n) is 2.65. The van der Waals surface area contributed by atoms with E-state index in [1.54, 1.807) is 19.0 Å². The van der Waals surface area contributed by atoms with E-state index in [1.165, 1.54) is 0 Å². The number of nitrogens with zero attached hydrogens (tertiary/aromatic N) is 3. The number of hydrogen-bond acceptors (Lipinski definition) is 4. The van der Waals surface area contributed by atoms with Gasteiger partial charge in [-0.1, -0.05) is 13.8 Å². The first-order chi connectivity index (χ1) is 10.0. The lowest BCUT2D eigenvalue weighted by atomic mass is 10.1. The topological polar surface area (TPSA) is 55.9 Å². The molecule has 1 aliphatic heterocycles. The van der Waals surface area contributed by atoms with Crippen molar-refractivity contribution in [2.45, 2.75) is 32.7 Å². The molecule has 1 N–H and O–H groups in total. The van der Waals surface area contributed by atoms with E-state index in [4.69, 9.17) is 0 Å². The molecule has 1 aliphatic rings. The minimum atomic E-state index is -0.234. The lowest BCUT2D eigenvalue weighted by Crippen LogP contribution is -2.59. The summed E-state index contributed by atoms with van der Waals surface area (Å²) in [6.45, 7) is 8.28. The predicted molar refractivity (Wildman–Crippen MR) is 84.1 cm³/mol.